The minimum Gasteiger partial charge on any atom is -0.147 e. The van der Waals surface area contributed by atoms with Crippen LogP contribution < -0.4 is 0 Å². The first-order valence-corrected chi connectivity index (χ1v) is 3.09. The predicted molar refractivity (Wildman–Crippen MR) is 42.6 cm³/mol. The van der Waals surface area contributed by atoms with Crippen LogP contribution in [-0.4, -0.2) is 22.5 Å². The molecule has 0 saturated heterocycles. The van der Waals surface area contributed by atoms with Gasteiger partial charge in [0, 0.05) is 0 Å². The third-order valence-electron chi connectivity index (χ3n) is 0. The van der Waals surface area contributed by atoms with E-state index in [1.54, 1.807) is 22.5 Å². The maximum atomic E-state index is 2.21. The molecule has 0 atom stereocenters. The minimum absolute atomic E-state index is 0. The van der Waals surface area contributed by atoms with Gasteiger partial charge in [-0.2, -0.15) is 0 Å². The molecule has 0 bridgehead atoms. The van der Waals surface area contributed by atoms with E-state index in [0.29, 0.717) is 0 Å². The molecule has 7 heavy (non-hydrogen) atoms. The molecule has 0 amide bonds. The Hall–Kier alpha value is 1.67. The summed E-state index contributed by atoms with van der Waals surface area (Å²) in [6, 6.07) is 0. The van der Waals surface area contributed by atoms with Crippen molar-refractivity contribution in [2.75, 3.05) is 0 Å². The number of hydrogen-bond donors (Lipinski definition) is 0. The van der Waals surface area contributed by atoms with Gasteiger partial charge in [-0.1, -0.05) is 0 Å². The average Bonchev–Trinajstić information content (AvgIpc) is 0.811. The Labute approximate surface area is 77.1 Å². The number of rotatable bonds is 0. The van der Waals surface area contributed by atoms with Crippen molar-refractivity contribution in [3.8, 4) is 0 Å². The number of halogens is 3. The van der Waals surface area contributed by atoms with E-state index in [1.807, 2.05) is 0 Å². The summed E-state index contributed by atoms with van der Waals surface area (Å²) in [6.45, 7) is 4.41. The molecule has 47 valence electrons. The largest absolute Gasteiger partial charge is 0.147 e. The zero-order valence-electron chi connectivity index (χ0n) is 4.30. The molecule has 0 nitrogen and oxygen atoms in total. The van der Waals surface area contributed by atoms with Gasteiger partial charge in [0.25, 0.3) is 0 Å². The molecule has 0 fully saturated rings. The van der Waals surface area contributed by atoms with Gasteiger partial charge in [0.05, 0.1) is 0 Å². The summed E-state index contributed by atoms with van der Waals surface area (Å²) in [5.41, 5.74) is 0. The maximum absolute atomic E-state index is 2.21. The van der Waals surface area contributed by atoms with Crippen molar-refractivity contribution in [2.45, 2.75) is 17.8 Å². The fourth-order valence-corrected chi connectivity index (χ4v) is 0. The van der Waals surface area contributed by atoms with Gasteiger partial charge in [0.2, 0.25) is 0 Å². The third-order valence-corrected chi connectivity index (χ3v) is 0. The van der Waals surface area contributed by atoms with Crippen LogP contribution in [-0.2, 0) is 0 Å². The van der Waals surface area contributed by atoms with Crippen LogP contribution in [0.4, 0.5) is 0 Å². The van der Waals surface area contributed by atoms with Gasteiger partial charge in [-0.25, -0.2) is 0 Å². The second-order valence-electron chi connectivity index (χ2n) is 1.15. The van der Waals surface area contributed by atoms with Gasteiger partial charge in [0.15, 0.2) is 0 Å². The molecule has 0 N–H and O–H groups in total. The maximum Gasteiger partial charge on any atom is -0.147 e. The Kier molecular flexibility index (Phi) is 52.3. The normalized spacial score (nSPS) is 5.14. The Balaban J connectivity index is -0.0000000150. The Morgan fingerprint density at radius 2 is 1.00 bits per heavy atom. The zero-order valence-corrected chi connectivity index (χ0v) is 9.61. The van der Waals surface area contributed by atoms with E-state index in [4.69, 9.17) is 0 Å². The van der Waals surface area contributed by atoms with Gasteiger partial charge < -0.3 is 0 Å². The summed E-state index contributed by atoms with van der Waals surface area (Å²) in [4.78, 5) is 0. The summed E-state index contributed by atoms with van der Waals surface area (Å²) >= 11 is 1.64. The smallest absolute Gasteiger partial charge is 0.147 e. The molecule has 0 rings (SSSR count). The van der Waals surface area contributed by atoms with Gasteiger partial charge in [0.1, 0.15) is 0 Å². The van der Waals surface area contributed by atoms with Gasteiger partial charge in [-0.05, 0) is 0 Å². The van der Waals surface area contributed by atoms with Crippen LogP contribution in [0.5, 0.6) is 0 Å². The van der Waals surface area contributed by atoms with E-state index in [-0.39, 0.29) is 37.2 Å². The summed E-state index contributed by atoms with van der Waals surface area (Å²) in [6.07, 6.45) is 0. The van der Waals surface area contributed by atoms with Crippen molar-refractivity contribution >= 4 is 59.7 Å². The van der Waals surface area contributed by atoms with E-state index in [2.05, 4.69) is 13.8 Å². The molecular formula is C3H10Cl3Sn. The molecule has 0 aliphatic rings. The van der Waals surface area contributed by atoms with E-state index in [9.17, 15) is 0 Å². The van der Waals surface area contributed by atoms with Crippen molar-refractivity contribution in [2.24, 2.45) is 0 Å². The van der Waals surface area contributed by atoms with Gasteiger partial charge in [-0.15, -0.1) is 37.2 Å². The average molecular weight is 271 g/mol. The van der Waals surface area contributed by atoms with E-state index in [0.717, 1.165) is 3.93 Å². The predicted octanol–water partition coefficient (Wildman–Crippen LogP) is 2.25. The van der Waals surface area contributed by atoms with Crippen LogP contribution in [0.25, 0.3) is 0 Å². The van der Waals surface area contributed by atoms with Crippen LogP contribution in [0, 0.1) is 0 Å². The van der Waals surface area contributed by atoms with Gasteiger partial charge in [-0.3, -0.25) is 0 Å². The van der Waals surface area contributed by atoms with Crippen molar-refractivity contribution in [1.82, 2.24) is 0 Å². The van der Waals surface area contributed by atoms with Crippen LogP contribution in [0.2, 0.25) is 3.93 Å². The molecule has 0 aromatic rings. The molecule has 0 aromatic carbocycles. The Morgan fingerprint density at radius 1 is 1.00 bits per heavy atom. The van der Waals surface area contributed by atoms with Crippen molar-refractivity contribution in [1.29, 1.82) is 0 Å². The van der Waals surface area contributed by atoms with Crippen molar-refractivity contribution < 1.29 is 0 Å². The van der Waals surface area contributed by atoms with Crippen molar-refractivity contribution in [3.63, 3.8) is 0 Å². The molecule has 0 aromatic heterocycles. The molecule has 0 saturated carbocycles. The van der Waals surface area contributed by atoms with E-state index >= 15 is 0 Å². The summed E-state index contributed by atoms with van der Waals surface area (Å²) in [7, 11) is 0. The molecule has 4 heteroatoms. The third kappa shape index (κ3) is 88.5. The Bertz CT molecular complexity index is 14.9. The monoisotopic (exact) mass is 271 g/mol. The van der Waals surface area contributed by atoms with E-state index < -0.39 is 0 Å². The van der Waals surface area contributed by atoms with Gasteiger partial charge >= 0.3 is 40.3 Å². The SMILES string of the molecule is C[CH](C)[Sn].Cl.Cl.Cl. The Morgan fingerprint density at radius 3 is 1.00 bits per heavy atom. The van der Waals surface area contributed by atoms with Crippen LogP contribution >= 0.6 is 37.2 Å². The molecule has 3 radical (unpaired) electrons. The first-order valence-electron chi connectivity index (χ1n) is 1.44. The van der Waals surface area contributed by atoms with Crippen LogP contribution in [0.1, 0.15) is 13.8 Å². The quantitative estimate of drug-likeness (QED) is 0.593. The summed E-state index contributed by atoms with van der Waals surface area (Å²) in [5, 5.41) is 0. The van der Waals surface area contributed by atoms with Crippen molar-refractivity contribution in [3.05, 3.63) is 0 Å². The topological polar surface area (TPSA) is 0 Å². The first-order chi connectivity index (χ1) is 1.73. The number of hydrogen-bond acceptors (Lipinski definition) is 0. The molecule has 0 heterocycles. The van der Waals surface area contributed by atoms with Crippen LogP contribution in [0.15, 0.2) is 0 Å². The fraction of sp³-hybridized carbons (Fsp3) is 1.00. The molecule has 0 aliphatic heterocycles. The summed E-state index contributed by atoms with van der Waals surface area (Å²) < 4.78 is 0.923. The summed E-state index contributed by atoms with van der Waals surface area (Å²) in [5.74, 6) is 0. The zero-order chi connectivity index (χ0) is 3.58. The molecular weight excluding hydrogens is 261 g/mol. The molecule has 0 unspecified atom stereocenters. The van der Waals surface area contributed by atoms with Crippen LogP contribution in [0.3, 0.4) is 0 Å². The second kappa shape index (κ2) is 15.6. The van der Waals surface area contributed by atoms with E-state index in [1.165, 1.54) is 0 Å². The molecule has 0 aliphatic carbocycles. The fourth-order valence-electron chi connectivity index (χ4n) is 0. The first kappa shape index (κ1) is 23.4. The standard InChI is InChI=1S/C3H7.3ClH.Sn/c1-3-2;;;;/h3H,1-2H3;3*1H;. The molecule has 0 spiro atoms. The minimum atomic E-state index is 0. The second-order valence-corrected chi connectivity index (χ2v) is 4.45.